The summed E-state index contributed by atoms with van der Waals surface area (Å²) in [5.74, 6) is -1.95. The maximum absolute atomic E-state index is 13.5. The van der Waals surface area contributed by atoms with Crippen LogP contribution < -0.4 is 0 Å². The highest BCUT2D eigenvalue weighted by Crippen LogP contribution is 2.45. The van der Waals surface area contributed by atoms with Gasteiger partial charge in [0.25, 0.3) is 6.43 Å². The van der Waals surface area contributed by atoms with Gasteiger partial charge in [-0.25, -0.2) is 13.2 Å². The lowest BCUT2D eigenvalue weighted by molar-refractivity contribution is -0.137. The molecular weight excluding hydrogens is 245 g/mol. The van der Waals surface area contributed by atoms with E-state index in [2.05, 4.69) is 0 Å². The molecule has 0 radical (unpaired) electrons. The second kappa shape index (κ2) is 5.00. The fraction of sp³-hybridized carbons (Fsp3) is 0.462. The number of carboxylic acids is 1. The predicted molar refractivity (Wildman–Crippen MR) is 59.1 cm³/mol. The molecule has 0 amide bonds. The molecule has 1 fully saturated rings. The van der Waals surface area contributed by atoms with Crippen LogP contribution in [-0.2, 0) is 4.79 Å². The first kappa shape index (κ1) is 12.9. The molecule has 5 heteroatoms. The van der Waals surface area contributed by atoms with Crippen LogP contribution in [0, 0.1) is 11.7 Å². The Labute approximate surface area is 102 Å². The molecule has 2 nitrogen and oxygen atoms in total. The summed E-state index contributed by atoms with van der Waals surface area (Å²) in [5.41, 5.74) is -0.134. The van der Waals surface area contributed by atoms with Gasteiger partial charge in [-0.15, -0.1) is 0 Å². The molecule has 18 heavy (non-hydrogen) atoms. The van der Waals surface area contributed by atoms with E-state index in [9.17, 15) is 18.0 Å². The molecule has 1 unspecified atom stereocenters. The number of benzene rings is 1. The van der Waals surface area contributed by atoms with Gasteiger partial charge in [-0.2, -0.15) is 0 Å². The lowest BCUT2D eigenvalue weighted by Gasteiger charge is -2.15. The summed E-state index contributed by atoms with van der Waals surface area (Å²) in [7, 11) is 0. The van der Waals surface area contributed by atoms with Gasteiger partial charge in [0.1, 0.15) is 5.82 Å². The highest BCUT2D eigenvalue weighted by atomic mass is 19.3. The Balaban J connectivity index is 2.25. The van der Waals surface area contributed by atoms with Crippen LogP contribution in [0.15, 0.2) is 18.2 Å². The number of aliphatic carboxylic acids is 1. The van der Waals surface area contributed by atoms with E-state index in [0.717, 1.165) is 25.0 Å². The van der Waals surface area contributed by atoms with Gasteiger partial charge in [0, 0.05) is 0 Å². The number of carboxylic acid groups (broad SMARTS) is 1. The summed E-state index contributed by atoms with van der Waals surface area (Å²) in [6.45, 7) is 0. The Kier molecular flexibility index (Phi) is 3.59. The molecule has 0 spiro atoms. The monoisotopic (exact) mass is 258 g/mol. The molecule has 0 saturated heterocycles. The van der Waals surface area contributed by atoms with Gasteiger partial charge in [-0.05, 0) is 36.3 Å². The van der Waals surface area contributed by atoms with Crippen molar-refractivity contribution in [3.8, 4) is 0 Å². The molecule has 1 N–H and O–H groups in total. The zero-order valence-corrected chi connectivity index (χ0v) is 9.57. The average molecular weight is 258 g/mol. The summed E-state index contributed by atoms with van der Waals surface area (Å²) in [4.78, 5) is 10.8. The first-order chi connectivity index (χ1) is 8.49. The lowest BCUT2D eigenvalue weighted by atomic mass is 9.90. The third kappa shape index (κ3) is 2.83. The van der Waals surface area contributed by atoms with E-state index >= 15 is 0 Å². The second-order valence-electron chi connectivity index (χ2n) is 4.62. The van der Waals surface area contributed by atoms with Gasteiger partial charge in [0.15, 0.2) is 0 Å². The van der Waals surface area contributed by atoms with Crippen molar-refractivity contribution in [2.45, 2.75) is 31.6 Å². The normalized spacial score (nSPS) is 16.9. The van der Waals surface area contributed by atoms with Crippen LogP contribution in [0.1, 0.15) is 42.7 Å². The van der Waals surface area contributed by atoms with Crippen molar-refractivity contribution in [1.29, 1.82) is 0 Å². The average Bonchev–Trinajstić information content (AvgIpc) is 3.08. The largest absolute Gasteiger partial charge is 0.481 e. The highest BCUT2D eigenvalue weighted by molar-refractivity contribution is 5.68. The van der Waals surface area contributed by atoms with Crippen LogP contribution >= 0.6 is 0 Å². The van der Waals surface area contributed by atoms with Gasteiger partial charge in [0.05, 0.1) is 12.0 Å². The molecule has 0 aliphatic heterocycles. The van der Waals surface area contributed by atoms with Crippen LogP contribution in [0.5, 0.6) is 0 Å². The molecule has 1 aliphatic rings. The number of hydrogen-bond acceptors (Lipinski definition) is 1. The summed E-state index contributed by atoms with van der Waals surface area (Å²) < 4.78 is 38.3. The van der Waals surface area contributed by atoms with Gasteiger partial charge >= 0.3 is 5.97 Å². The van der Waals surface area contributed by atoms with Gasteiger partial charge in [-0.1, -0.05) is 12.1 Å². The summed E-state index contributed by atoms with van der Waals surface area (Å²) in [6.07, 6.45) is -1.11. The van der Waals surface area contributed by atoms with Crippen LogP contribution in [0.4, 0.5) is 13.2 Å². The fourth-order valence-corrected chi connectivity index (χ4v) is 2.19. The molecule has 2 rings (SSSR count). The molecule has 0 heterocycles. The molecule has 1 saturated carbocycles. The van der Waals surface area contributed by atoms with Crippen LogP contribution in [0.25, 0.3) is 0 Å². The van der Waals surface area contributed by atoms with E-state index in [1.54, 1.807) is 0 Å². The number of hydrogen-bond donors (Lipinski definition) is 1. The van der Waals surface area contributed by atoms with Crippen LogP contribution in [0.3, 0.4) is 0 Å². The summed E-state index contributed by atoms with van der Waals surface area (Å²) in [5, 5.41) is 8.82. The fourth-order valence-electron chi connectivity index (χ4n) is 2.19. The first-order valence-corrected chi connectivity index (χ1v) is 5.78. The number of alkyl halides is 2. The lowest BCUT2D eigenvalue weighted by Crippen LogP contribution is -2.09. The molecule has 1 aromatic carbocycles. The van der Waals surface area contributed by atoms with Gasteiger partial charge in [-0.3, -0.25) is 4.79 Å². The first-order valence-electron chi connectivity index (χ1n) is 5.78. The van der Waals surface area contributed by atoms with Crippen LogP contribution in [-0.4, -0.2) is 11.1 Å². The van der Waals surface area contributed by atoms with E-state index in [-0.39, 0.29) is 18.3 Å². The van der Waals surface area contributed by atoms with Crippen molar-refractivity contribution in [3.63, 3.8) is 0 Å². The van der Waals surface area contributed by atoms with Crippen molar-refractivity contribution >= 4 is 5.97 Å². The maximum atomic E-state index is 13.5. The standard InChI is InChI=1S/C13H13F3O2/c14-11-5-8(3-4-9(11)13(15)16)10(6-12(17)18)7-1-2-7/h3-5,7,10,13H,1-2,6H2,(H,17,18). The molecule has 1 atom stereocenters. The minimum atomic E-state index is -2.85. The zero-order chi connectivity index (χ0) is 13.3. The van der Waals surface area contributed by atoms with Crippen molar-refractivity contribution in [2.24, 2.45) is 5.92 Å². The topological polar surface area (TPSA) is 37.3 Å². The van der Waals surface area contributed by atoms with E-state index < -0.39 is 23.8 Å². The van der Waals surface area contributed by atoms with Crippen molar-refractivity contribution in [1.82, 2.24) is 0 Å². The van der Waals surface area contributed by atoms with Gasteiger partial charge in [0.2, 0.25) is 0 Å². The van der Waals surface area contributed by atoms with Crippen molar-refractivity contribution < 1.29 is 23.1 Å². The van der Waals surface area contributed by atoms with E-state index in [1.807, 2.05) is 0 Å². The Morgan fingerprint density at radius 1 is 1.39 bits per heavy atom. The quantitative estimate of drug-likeness (QED) is 0.873. The summed E-state index contributed by atoms with van der Waals surface area (Å²) in [6, 6.07) is 3.51. The third-order valence-electron chi connectivity index (χ3n) is 3.27. The highest BCUT2D eigenvalue weighted by Gasteiger charge is 2.34. The van der Waals surface area contributed by atoms with Crippen molar-refractivity contribution in [3.05, 3.63) is 35.1 Å². The Morgan fingerprint density at radius 3 is 2.50 bits per heavy atom. The SMILES string of the molecule is O=C(O)CC(c1ccc(C(F)F)c(F)c1)C1CC1. The van der Waals surface area contributed by atoms with Crippen molar-refractivity contribution in [2.75, 3.05) is 0 Å². The number of carbonyl (C=O) groups is 1. The Hall–Kier alpha value is -1.52. The third-order valence-corrected chi connectivity index (χ3v) is 3.27. The smallest absolute Gasteiger partial charge is 0.303 e. The Morgan fingerprint density at radius 2 is 2.06 bits per heavy atom. The van der Waals surface area contributed by atoms with Gasteiger partial charge < -0.3 is 5.11 Å². The number of rotatable bonds is 5. The maximum Gasteiger partial charge on any atom is 0.303 e. The molecule has 1 aliphatic carbocycles. The minimum absolute atomic E-state index is 0.0852. The molecule has 1 aromatic rings. The summed E-state index contributed by atoms with van der Waals surface area (Å²) >= 11 is 0. The van der Waals surface area contributed by atoms with E-state index in [1.165, 1.54) is 6.07 Å². The van der Waals surface area contributed by atoms with E-state index in [4.69, 9.17) is 5.11 Å². The second-order valence-corrected chi connectivity index (χ2v) is 4.62. The minimum Gasteiger partial charge on any atom is -0.481 e. The number of halogens is 3. The predicted octanol–water partition coefficient (Wildman–Crippen LogP) is 3.73. The Bertz CT molecular complexity index is 456. The molecule has 0 aromatic heterocycles. The van der Waals surface area contributed by atoms with Crippen LogP contribution in [0.2, 0.25) is 0 Å². The molecule has 0 bridgehead atoms. The van der Waals surface area contributed by atoms with E-state index in [0.29, 0.717) is 5.56 Å². The molecule has 98 valence electrons. The molecular formula is C13H13F3O2. The zero-order valence-electron chi connectivity index (χ0n) is 9.57.